The Morgan fingerprint density at radius 2 is 0.961 bits per heavy atom. The van der Waals surface area contributed by atoms with Crippen LogP contribution in [0.5, 0.6) is 0 Å². The molecule has 2 atom stereocenters. The van der Waals surface area contributed by atoms with Crippen LogP contribution in [0, 0.1) is 13.8 Å². The van der Waals surface area contributed by atoms with Gasteiger partial charge in [-0.1, -0.05) is 96.1 Å². The number of hydrogen-bond acceptors (Lipinski definition) is 6. The number of carbonyl (C=O) groups is 2. The summed E-state index contributed by atoms with van der Waals surface area (Å²) < 4.78 is 3.83. The van der Waals surface area contributed by atoms with Crippen LogP contribution in [-0.4, -0.2) is 65.8 Å². The Kier molecular flexibility index (Phi) is 9.27. The second-order valence-electron chi connectivity index (χ2n) is 13.0. The van der Waals surface area contributed by atoms with E-state index in [2.05, 4.69) is 74.8 Å². The van der Waals surface area contributed by atoms with Crippen molar-refractivity contribution in [2.75, 3.05) is 24.6 Å². The number of benzene rings is 4. The molecular weight excluding hydrogens is 673 g/mol. The molecule has 51 heavy (non-hydrogen) atoms. The fraction of sp³-hybridized carbons (Fsp3) is 0.220. The SMILES string of the molecule is Cc1ccc(-c2nn(-c3ccccc3)cc2[C@H]2SCC(=O)N2CCCN2C(=O)CS[C@@H]2c2cn(-c3ccccc3)nc2-c2ccc(C)cc2)cc1. The van der Waals surface area contributed by atoms with Crippen molar-refractivity contribution in [2.24, 2.45) is 0 Å². The van der Waals surface area contributed by atoms with Gasteiger partial charge in [-0.05, 0) is 44.5 Å². The zero-order valence-electron chi connectivity index (χ0n) is 28.6. The Balaban J connectivity index is 1.06. The Hall–Kier alpha value is -5.06. The zero-order chi connectivity index (χ0) is 34.9. The summed E-state index contributed by atoms with van der Waals surface area (Å²) in [4.78, 5) is 30.8. The number of rotatable bonds is 10. The minimum absolute atomic E-state index is 0.108. The van der Waals surface area contributed by atoms with Gasteiger partial charge in [0.15, 0.2) is 0 Å². The number of para-hydroxylation sites is 2. The predicted octanol–water partition coefficient (Wildman–Crippen LogP) is 8.25. The van der Waals surface area contributed by atoms with E-state index in [9.17, 15) is 9.59 Å². The normalized spacial score (nSPS) is 17.5. The number of carbonyl (C=O) groups excluding carboxylic acids is 2. The minimum atomic E-state index is -0.178. The van der Waals surface area contributed by atoms with Crippen molar-refractivity contribution in [1.29, 1.82) is 0 Å². The first kappa shape index (κ1) is 33.1. The first-order chi connectivity index (χ1) is 24.9. The second-order valence-corrected chi connectivity index (χ2v) is 15.1. The lowest BCUT2D eigenvalue weighted by molar-refractivity contribution is -0.128. The third-order valence-electron chi connectivity index (χ3n) is 9.44. The molecule has 10 heteroatoms. The Morgan fingerprint density at radius 1 is 0.569 bits per heavy atom. The van der Waals surface area contributed by atoms with Gasteiger partial charge in [0, 0.05) is 47.7 Å². The van der Waals surface area contributed by atoms with Crippen molar-refractivity contribution < 1.29 is 9.59 Å². The maximum Gasteiger partial charge on any atom is 0.233 e. The van der Waals surface area contributed by atoms with E-state index >= 15 is 0 Å². The van der Waals surface area contributed by atoms with Gasteiger partial charge in [-0.15, -0.1) is 23.5 Å². The van der Waals surface area contributed by atoms with E-state index in [1.165, 1.54) is 11.1 Å². The predicted molar refractivity (Wildman–Crippen MR) is 206 cm³/mol. The molecule has 0 bridgehead atoms. The molecule has 2 saturated heterocycles. The topological polar surface area (TPSA) is 76.3 Å². The fourth-order valence-electron chi connectivity index (χ4n) is 6.75. The van der Waals surface area contributed by atoms with Gasteiger partial charge in [-0.2, -0.15) is 10.2 Å². The molecule has 2 aromatic heterocycles. The van der Waals surface area contributed by atoms with E-state index < -0.39 is 0 Å². The quantitative estimate of drug-likeness (QED) is 0.143. The van der Waals surface area contributed by atoms with Crippen molar-refractivity contribution >= 4 is 35.3 Å². The largest absolute Gasteiger partial charge is 0.326 e. The smallest absolute Gasteiger partial charge is 0.233 e. The summed E-state index contributed by atoms with van der Waals surface area (Å²) in [5, 5.41) is 9.73. The molecule has 0 unspecified atom stereocenters. The molecule has 0 saturated carbocycles. The summed E-state index contributed by atoms with van der Waals surface area (Å²) in [7, 11) is 0. The van der Waals surface area contributed by atoms with Crippen LogP contribution >= 0.6 is 23.5 Å². The lowest BCUT2D eigenvalue weighted by Gasteiger charge is -2.27. The number of hydrogen-bond donors (Lipinski definition) is 0. The molecule has 2 aliphatic rings. The fourth-order valence-corrected chi connectivity index (χ4v) is 9.19. The highest BCUT2D eigenvalue weighted by molar-refractivity contribution is 8.00. The molecule has 0 N–H and O–H groups in total. The number of aryl methyl sites for hydroxylation is 2. The van der Waals surface area contributed by atoms with Crippen LogP contribution in [0.2, 0.25) is 0 Å². The second kappa shape index (κ2) is 14.3. The van der Waals surface area contributed by atoms with Crippen molar-refractivity contribution in [3.63, 3.8) is 0 Å². The number of amides is 2. The van der Waals surface area contributed by atoms with Crippen molar-refractivity contribution in [3.8, 4) is 33.9 Å². The van der Waals surface area contributed by atoms with Crippen LogP contribution in [0.25, 0.3) is 33.9 Å². The van der Waals surface area contributed by atoms with Gasteiger partial charge in [-0.3, -0.25) is 9.59 Å². The Labute approximate surface area is 306 Å². The minimum Gasteiger partial charge on any atom is -0.326 e. The molecule has 0 spiro atoms. The Bertz CT molecular complexity index is 2010. The van der Waals surface area contributed by atoms with Crippen LogP contribution in [0.3, 0.4) is 0 Å². The van der Waals surface area contributed by atoms with Crippen molar-refractivity contribution in [3.05, 3.63) is 144 Å². The molecule has 256 valence electrons. The summed E-state index contributed by atoms with van der Waals surface area (Å²) in [6.07, 6.45) is 4.80. The van der Waals surface area contributed by atoms with Gasteiger partial charge in [-0.25, -0.2) is 9.36 Å². The molecule has 4 aromatic carbocycles. The van der Waals surface area contributed by atoms with Crippen molar-refractivity contribution in [2.45, 2.75) is 31.0 Å². The monoisotopic (exact) mass is 710 g/mol. The van der Waals surface area contributed by atoms with Gasteiger partial charge in [0.25, 0.3) is 0 Å². The highest BCUT2D eigenvalue weighted by atomic mass is 32.2. The standard InChI is InChI=1S/C41H38N6O2S2/c1-28-14-18-30(19-15-28)38-34(24-46(42-38)32-10-5-3-6-11-32)40-44(36(48)26-50-40)22-9-23-45-37(49)27-51-41(45)35-25-47(33-12-7-4-8-13-33)43-39(35)31-20-16-29(2)17-21-31/h3-8,10-21,24-25,40-41H,9,22-23,26-27H2,1-2H3/t40-,41-/m1/s1. The average molecular weight is 711 g/mol. The third-order valence-corrected chi connectivity index (χ3v) is 11.9. The summed E-state index contributed by atoms with van der Waals surface area (Å²) in [5.74, 6) is 1.04. The molecule has 8 nitrogen and oxygen atoms in total. The van der Waals surface area contributed by atoms with E-state index in [0.29, 0.717) is 31.0 Å². The molecule has 2 amide bonds. The molecular formula is C41H38N6O2S2. The van der Waals surface area contributed by atoms with E-state index in [4.69, 9.17) is 10.2 Å². The van der Waals surface area contributed by atoms with Crippen molar-refractivity contribution in [1.82, 2.24) is 29.4 Å². The Morgan fingerprint density at radius 3 is 1.35 bits per heavy atom. The summed E-state index contributed by atoms with van der Waals surface area (Å²) >= 11 is 3.28. The van der Waals surface area contributed by atoms with Crippen LogP contribution in [0.4, 0.5) is 0 Å². The van der Waals surface area contributed by atoms with E-state index in [1.807, 2.05) is 79.8 Å². The molecule has 4 heterocycles. The van der Waals surface area contributed by atoms with Gasteiger partial charge in [0.2, 0.25) is 11.8 Å². The third kappa shape index (κ3) is 6.73. The lowest BCUT2D eigenvalue weighted by Crippen LogP contribution is -2.34. The van der Waals surface area contributed by atoms with E-state index in [-0.39, 0.29) is 22.6 Å². The van der Waals surface area contributed by atoms with Crippen LogP contribution < -0.4 is 0 Å². The molecule has 2 aliphatic heterocycles. The van der Waals surface area contributed by atoms with Crippen LogP contribution in [-0.2, 0) is 9.59 Å². The molecule has 0 radical (unpaired) electrons. The van der Waals surface area contributed by atoms with Gasteiger partial charge >= 0.3 is 0 Å². The first-order valence-electron chi connectivity index (χ1n) is 17.2. The average Bonchev–Trinajstić information content (AvgIpc) is 3.96. The van der Waals surface area contributed by atoms with Crippen LogP contribution in [0.1, 0.15) is 39.4 Å². The molecule has 2 fully saturated rings. The highest BCUT2D eigenvalue weighted by Gasteiger charge is 2.38. The molecule has 8 rings (SSSR count). The van der Waals surface area contributed by atoms with Gasteiger partial charge in [0.1, 0.15) is 10.7 Å². The zero-order valence-corrected chi connectivity index (χ0v) is 30.2. The highest BCUT2D eigenvalue weighted by Crippen LogP contribution is 2.45. The number of thioether (sulfide) groups is 2. The maximum atomic E-state index is 13.4. The first-order valence-corrected chi connectivity index (χ1v) is 19.3. The summed E-state index contributed by atoms with van der Waals surface area (Å²) in [5.41, 5.74) is 10.1. The number of aromatic nitrogens is 4. The van der Waals surface area contributed by atoms with E-state index in [1.54, 1.807) is 23.5 Å². The summed E-state index contributed by atoms with van der Waals surface area (Å²) in [6, 6.07) is 37.0. The maximum absolute atomic E-state index is 13.4. The van der Waals surface area contributed by atoms with Crippen LogP contribution in [0.15, 0.2) is 122 Å². The van der Waals surface area contributed by atoms with Gasteiger partial charge in [0.05, 0.1) is 34.3 Å². The van der Waals surface area contributed by atoms with Gasteiger partial charge < -0.3 is 9.80 Å². The van der Waals surface area contributed by atoms with E-state index in [0.717, 1.165) is 45.0 Å². The molecule has 6 aromatic rings. The lowest BCUT2D eigenvalue weighted by atomic mass is 10.1. The number of nitrogens with zero attached hydrogens (tertiary/aromatic N) is 6. The summed E-state index contributed by atoms with van der Waals surface area (Å²) in [6.45, 7) is 5.23. The molecule has 0 aliphatic carbocycles.